The molecule has 0 bridgehead atoms. The Balaban J connectivity index is 1.98. The zero-order chi connectivity index (χ0) is 15.3. The maximum atomic E-state index is 10.5. The van der Waals surface area contributed by atoms with E-state index < -0.39 is 5.60 Å². The maximum absolute atomic E-state index is 10.5. The number of nitrogens with one attached hydrogen (secondary N) is 1. The SMILES string of the molecule is COc1cccc(CNCC(C)(O)c2ccccc2)c1O. The Morgan fingerprint density at radius 1 is 1.10 bits per heavy atom. The van der Waals surface area contributed by atoms with Gasteiger partial charge in [0, 0.05) is 18.7 Å². The fourth-order valence-electron chi connectivity index (χ4n) is 2.21. The molecule has 0 aliphatic rings. The number of phenols is 1. The number of phenolic OH excluding ortho intramolecular Hbond substituents is 1. The predicted octanol–water partition coefficient (Wildman–Crippen LogP) is 2.40. The van der Waals surface area contributed by atoms with Crippen molar-refractivity contribution in [1.29, 1.82) is 0 Å². The summed E-state index contributed by atoms with van der Waals surface area (Å²) in [6, 6.07) is 14.9. The lowest BCUT2D eigenvalue weighted by Crippen LogP contribution is -2.35. The molecule has 0 aliphatic carbocycles. The third kappa shape index (κ3) is 3.74. The van der Waals surface area contributed by atoms with Gasteiger partial charge in [-0.3, -0.25) is 0 Å². The van der Waals surface area contributed by atoms with Crippen LogP contribution < -0.4 is 10.1 Å². The van der Waals surface area contributed by atoms with Crippen molar-refractivity contribution < 1.29 is 14.9 Å². The quantitative estimate of drug-likeness (QED) is 0.763. The third-order valence-electron chi connectivity index (χ3n) is 3.48. The molecule has 0 saturated heterocycles. The lowest BCUT2D eigenvalue weighted by Gasteiger charge is -2.24. The van der Waals surface area contributed by atoms with Crippen LogP contribution in [-0.4, -0.2) is 23.9 Å². The van der Waals surface area contributed by atoms with Crippen LogP contribution in [-0.2, 0) is 12.1 Å². The molecule has 2 aromatic rings. The summed E-state index contributed by atoms with van der Waals surface area (Å²) in [6.45, 7) is 2.60. The van der Waals surface area contributed by atoms with Gasteiger partial charge in [-0.25, -0.2) is 0 Å². The first-order chi connectivity index (χ1) is 10.0. The van der Waals surface area contributed by atoms with Crippen molar-refractivity contribution in [3.05, 3.63) is 59.7 Å². The minimum absolute atomic E-state index is 0.131. The maximum Gasteiger partial charge on any atom is 0.162 e. The Morgan fingerprint density at radius 3 is 2.48 bits per heavy atom. The van der Waals surface area contributed by atoms with Crippen molar-refractivity contribution in [2.45, 2.75) is 19.1 Å². The van der Waals surface area contributed by atoms with E-state index in [0.29, 0.717) is 18.8 Å². The summed E-state index contributed by atoms with van der Waals surface area (Å²) >= 11 is 0. The predicted molar refractivity (Wildman–Crippen MR) is 82.4 cm³/mol. The van der Waals surface area contributed by atoms with Crippen LogP contribution in [0.4, 0.5) is 0 Å². The van der Waals surface area contributed by atoms with E-state index in [1.54, 1.807) is 13.0 Å². The Labute approximate surface area is 125 Å². The molecule has 112 valence electrons. The van der Waals surface area contributed by atoms with E-state index >= 15 is 0 Å². The van der Waals surface area contributed by atoms with Crippen LogP contribution >= 0.6 is 0 Å². The molecule has 2 aromatic carbocycles. The van der Waals surface area contributed by atoms with Gasteiger partial charge in [-0.1, -0.05) is 42.5 Å². The molecule has 0 fully saturated rings. The molecule has 4 nitrogen and oxygen atoms in total. The molecular formula is C17H21NO3. The minimum atomic E-state index is -0.963. The van der Waals surface area contributed by atoms with E-state index in [2.05, 4.69) is 5.32 Å². The summed E-state index contributed by atoms with van der Waals surface area (Å²) < 4.78 is 5.08. The second-order valence-corrected chi connectivity index (χ2v) is 5.21. The van der Waals surface area contributed by atoms with Gasteiger partial charge in [0.1, 0.15) is 0 Å². The molecule has 1 atom stereocenters. The van der Waals surface area contributed by atoms with Gasteiger partial charge in [0.15, 0.2) is 11.5 Å². The lowest BCUT2D eigenvalue weighted by atomic mass is 9.96. The first-order valence-electron chi connectivity index (χ1n) is 6.88. The molecule has 4 heteroatoms. The molecule has 3 N–H and O–H groups in total. The molecule has 0 heterocycles. The standard InChI is InChI=1S/C17H21NO3/c1-17(20,14-8-4-3-5-9-14)12-18-11-13-7-6-10-15(21-2)16(13)19/h3-10,18-20H,11-12H2,1-2H3. The molecule has 1 unspecified atom stereocenters. The Hall–Kier alpha value is -2.04. The van der Waals surface area contributed by atoms with Crippen molar-refractivity contribution in [3.8, 4) is 11.5 Å². The first kappa shape index (κ1) is 15.4. The summed E-state index contributed by atoms with van der Waals surface area (Å²) in [6.07, 6.45) is 0. The molecule has 0 radical (unpaired) electrons. The number of aliphatic hydroxyl groups is 1. The topological polar surface area (TPSA) is 61.7 Å². The van der Waals surface area contributed by atoms with Crippen LogP contribution in [0, 0.1) is 0 Å². The van der Waals surface area contributed by atoms with Gasteiger partial charge in [0.25, 0.3) is 0 Å². The molecule has 2 rings (SSSR count). The van der Waals surface area contributed by atoms with Crippen LogP contribution in [0.25, 0.3) is 0 Å². The normalized spacial score (nSPS) is 13.7. The Kier molecular flexibility index (Phi) is 4.83. The number of rotatable bonds is 6. The number of hydrogen-bond acceptors (Lipinski definition) is 4. The highest BCUT2D eigenvalue weighted by molar-refractivity contribution is 5.45. The van der Waals surface area contributed by atoms with Crippen molar-refractivity contribution in [1.82, 2.24) is 5.32 Å². The smallest absolute Gasteiger partial charge is 0.162 e. The second kappa shape index (κ2) is 6.61. The monoisotopic (exact) mass is 287 g/mol. The largest absolute Gasteiger partial charge is 0.504 e. The van der Waals surface area contributed by atoms with Gasteiger partial charge in [0.05, 0.1) is 12.7 Å². The van der Waals surface area contributed by atoms with Crippen molar-refractivity contribution in [2.75, 3.05) is 13.7 Å². The van der Waals surface area contributed by atoms with E-state index in [1.165, 1.54) is 7.11 Å². The molecule has 0 aliphatic heterocycles. The van der Waals surface area contributed by atoms with Crippen LogP contribution in [0.15, 0.2) is 48.5 Å². The van der Waals surface area contributed by atoms with E-state index in [9.17, 15) is 10.2 Å². The molecule has 0 amide bonds. The molecule has 0 spiro atoms. The first-order valence-corrected chi connectivity index (χ1v) is 6.88. The highest BCUT2D eigenvalue weighted by Gasteiger charge is 2.22. The van der Waals surface area contributed by atoms with Crippen LogP contribution in [0.2, 0.25) is 0 Å². The average Bonchev–Trinajstić information content (AvgIpc) is 2.50. The van der Waals surface area contributed by atoms with Gasteiger partial charge in [-0.2, -0.15) is 0 Å². The zero-order valence-corrected chi connectivity index (χ0v) is 12.3. The Bertz CT molecular complexity index is 582. The highest BCUT2D eigenvalue weighted by atomic mass is 16.5. The number of hydrogen-bond donors (Lipinski definition) is 3. The van der Waals surface area contributed by atoms with Crippen LogP contribution in [0.3, 0.4) is 0 Å². The fourth-order valence-corrected chi connectivity index (χ4v) is 2.21. The zero-order valence-electron chi connectivity index (χ0n) is 12.3. The van der Waals surface area contributed by atoms with E-state index in [1.807, 2.05) is 42.5 Å². The van der Waals surface area contributed by atoms with E-state index in [0.717, 1.165) is 11.1 Å². The van der Waals surface area contributed by atoms with Crippen molar-refractivity contribution in [3.63, 3.8) is 0 Å². The number of methoxy groups -OCH3 is 1. The van der Waals surface area contributed by atoms with Gasteiger partial charge in [-0.15, -0.1) is 0 Å². The minimum Gasteiger partial charge on any atom is -0.504 e. The van der Waals surface area contributed by atoms with Crippen molar-refractivity contribution >= 4 is 0 Å². The Morgan fingerprint density at radius 2 is 1.81 bits per heavy atom. The molecule has 0 saturated carbocycles. The summed E-state index contributed by atoms with van der Waals surface area (Å²) in [4.78, 5) is 0. The van der Waals surface area contributed by atoms with Gasteiger partial charge < -0.3 is 20.3 Å². The summed E-state index contributed by atoms with van der Waals surface area (Å²) in [5.41, 5.74) is 0.626. The van der Waals surface area contributed by atoms with Crippen molar-refractivity contribution in [2.24, 2.45) is 0 Å². The molecule has 0 aromatic heterocycles. The third-order valence-corrected chi connectivity index (χ3v) is 3.48. The van der Waals surface area contributed by atoms with E-state index in [4.69, 9.17) is 4.74 Å². The highest BCUT2D eigenvalue weighted by Crippen LogP contribution is 2.29. The number of benzene rings is 2. The molecular weight excluding hydrogens is 266 g/mol. The summed E-state index contributed by atoms with van der Waals surface area (Å²) in [7, 11) is 1.52. The summed E-state index contributed by atoms with van der Waals surface area (Å²) in [5.74, 6) is 0.580. The number of aromatic hydroxyl groups is 1. The van der Waals surface area contributed by atoms with Crippen LogP contribution in [0.5, 0.6) is 11.5 Å². The number of ether oxygens (including phenoxy) is 1. The number of para-hydroxylation sites is 1. The summed E-state index contributed by atoms with van der Waals surface area (Å²) in [5, 5.41) is 23.7. The second-order valence-electron chi connectivity index (χ2n) is 5.21. The van der Waals surface area contributed by atoms with E-state index in [-0.39, 0.29) is 5.75 Å². The van der Waals surface area contributed by atoms with Gasteiger partial charge >= 0.3 is 0 Å². The van der Waals surface area contributed by atoms with Crippen LogP contribution in [0.1, 0.15) is 18.1 Å². The fraction of sp³-hybridized carbons (Fsp3) is 0.294. The van der Waals surface area contributed by atoms with Gasteiger partial charge in [-0.05, 0) is 18.6 Å². The lowest BCUT2D eigenvalue weighted by molar-refractivity contribution is 0.0566. The molecule has 21 heavy (non-hydrogen) atoms. The van der Waals surface area contributed by atoms with Gasteiger partial charge in [0.2, 0.25) is 0 Å². The average molecular weight is 287 g/mol.